The summed E-state index contributed by atoms with van der Waals surface area (Å²) in [4.78, 5) is 22.9. The molecule has 2 saturated heterocycles. The van der Waals surface area contributed by atoms with Crippen molar-refractivity contribution in [2.45, 2.75) is 70.7 Å². The van der Waals surface area contributed by atoms with Gasteiger partial charge < -0.3 is 29.0 Å². The predicted octanol–water partition coefficient (Wildman–Crippen LogP) is 1.52. The van der Waals surface area contributed by atoms with Crippen LogP contribution in [0.4, 0.5) is 0 Å². The minimum atomic E-state index is -0.798. The van der Waals surface area contributed by atoms with E-state index in [1.807, 2.05) is 44.2 Å². The molecule has 2 aliphatic rings. The van der Waals surface area contributed by atoms with Crippen molar-refractivity contribution in [3.8, 4) is 0 Å². The quantitative estimate of drug-likeness (QED) is 0.702. The Kier molecular flexibility index (Phi) is 6.34. The molecule has 0 spiro atoms. The molecule has 0 radical (unpaired) electrons. The highest BCUT2D eigenvalue weighted by Crippen LogP contribution is 2.40. The smallest absolute Gasteiger partial charge is 0.302 e. The topological polar surface area (TPSA) is 92.3 Å². The molecule has 0 unspecified atom stereocenters. The molecule has 1 aromatic carbocycles. The summed E-state index contributed by atoms with van der Waals surface area (Å²) in [5.74, 6) is -1.50. The van der Waals surface area contributed by atoms with E-state index >= 15 is 0 Å². The van der Waals surface area contributed by atoms with Gasteiger partial charge in [-0.3, -0.25) is 9.59 Å². The Balaban J connectivity index is 1.77. The minimum Gasteiger partial charge on any atom is -0.464 e. The third-order valence-corrected chi connectivity index (χ3v) is 4.56. The molecule has 2 fully saturated rings. The summed E-state index contributed by atoms with van der Waals surface area (Å²) >= 11 is 0. The van der Waals surface area contributed by atoms with Crippen LogP contribution < -0.4 is 5.32 Å². The van der Waals surface area contributed by atoms with Gasteiger partial charge in [-0.15, -0.1) is 0 Å². The van der Waals surface area contributed by atoms with Gasteiger partial charge in [0.2, 0.25) is 5.91 Å². The molecule has 8 nitrogen and oxygen atoms in total. The van der Waals surface area contributed by atoms with E-state index in [1.165, 1.54) is 13.8 Å². The molecule has 154 valence electrons. The second-order valence-electron chi connectivity index (χ2n) is 7.44. The van der Waals surface area contributed by atoms with Crippen LogP contribution in [0.15, 0.2) is 30.3 Å². The Morgan fingerprint density at radius 2 is 1.89 bits per heavy atom. The van der Waals surface area contributed by atoms with E-state index in [1.54, 1.807) is 0 Å². The van der Waals surface area contributed by atoms with Gasteiger partial charge in [-0.2, -0.15) is 0 Å². The summed E-state index contributed by atoms with van der Waals surface area (Å²) in [5, 5.41) is 2.78. The van der Waals surface area contributed by atoms with Gasteiger partial charge >= 0.3 is 5.97 Å². The van der Waals surface area contributed by atoms with Crippen LogP contribution >= 0.6 is 0 Å². The zero-order valence-electron chi connectivity index (χ0n) is 16.5. The molecule has 1 amide bonds. The zero-order valence-corrected chi connectivity index (χ0v) is 16.5. The highest BCUT2D eigenvalue weighted by Gasteiger charge is 2.57. The van der Waals surface area contributed by atoms with E-state index in [4.69, 9.17) is 23.7 Å². The Labute approximate surface area is 164 Å². The standard InChI is InChI=1S/C20H27NO7/c1-12(22)21-15(11-24-13(2)23)16-17(25-10-14-8-6-5-7-9-14)18-19(26-16)28-20(3,4)27-18/h5-9,15-19H,10-11H2,1-4H3,(H,21,22)/t15-,16-,17+,18-,19-/m1/s1. The lowest BCUT2D eigenvalue weighted by molar-refractivity contribution is -0.223. The first-order chi connectivity index (χ1) is 13.2. The molecule has 0 saturated carbocycles. The number of esters is 1. The van der Waals surface area contributed by atoms with Crippen molar-refractivity contribution in [2.24, 2.45) is 0 Å². The van der Waals surface area contributed by atoms with E-state index in [2.05, 4.69) is 5.32 Å². The molecular weight excluding hydrogens is 366 g/mol. The van der Waals surface area contributed by atoms with Crippen molar-refractivity contribution in [1.29, 1.82) is 0 Å². The normalized spacial score (nSPS) is 29.1. The maximum Gasteiger partial charge on any atom is 0.302 e. The number of carbonyl (C=O) groups is 2. The first-order valence-electron chi connectivity index (χ1n) is 9.32. The van der Waals surface area contributed by atoms with Crippen LogP contribution in [0.25, 0.3) is 0 Å². The van der Waals surface area contributed by atoms with Gasteiger partial charge in [-0.05, 0) is 19.4 Å². The summed E-state index contributed by atoms with van der Waals surface area (Å²) in [6, 6.07) is 9.13. The second-order valence-corrected chi connectivity index (χ2v) is 7.44. The predicted molar refractivity (Wildman–Crippen MR) is 98.0 cm³/mol. The van der Waals surface area contributed by atoms with Gasteiger partial charge in [-0.25, -0.2) is 0 Å². The largest absolute Gasteiger partial charge is 0.464 e. The monoisotopic (exact) mass is 393 g/mol. The van der Waals surface area contributed by atoms with Gasteiger partial charge in [0.1, 0.15) is 24.9 Å². The van der Waals surface area contributed by atoms with Crippen molar-refractivity contribution in [2.75, 3.05) is 6.61 Å². The van der Waals surface area contributed by atoms with Crippen molar-refractivity contribution >= 4 is 11.9 Å². The number of carbonyl (C=O) groups excluding carboxylic acids is 2. The molecule has 0 bridgehead atoms. The molecule has 0 aliphatic carbocycles. The lowest BCUT2D eigenvalue weighted by Crippen LogP contribution is -2.52. The van der Waals surface area contributed by atoms with Gasteiger partial charge in [0.15, 0.2) is 12.1 Å². The van der Waals surface area contributed by atoms with Gasteiger partial charge in [0.05, 0.1) is 12.6 Å². The first kappa shape index (κ1) is 20.7. The molecule has 5 atom stereocenters. The van der Waals surface area contributed by atoms with Crippen molar-refractivity contribution in [3.05, 3.63) is 35.9 Å². The Morgan fingerprint density at radius 1 is 1.18 bits per heavy atom. The van der Waals surface area contributed by atoms with Crippen LogP contribution in [-0.2, 0) is 39.9 Å². The number of hydrogen-bond acceptors (Lipinski definition) is 7. The SMILES string of the molecule is CC(=O)N[C@H](COC(C)=O)[C@H]1O[C@@H]2OC(C)(C)O[C@@H]2[C@H]1OCc1ccccc1. The minimum absolute atomic E-state index is 0.0341. The molecule has 3 rings (SSSR count). The summed E-state index contributed by atoms with van der Waals surface area (Å²) in [6.07, 6.45) is -2.20. The lowest BCUT2D eigenvalue weighted by atomic mass is 10.0. The molecule has 0 aromatic heterocycles. The van der Waals surface area contributed by atoms with E-state index in [0.717, 1.165) is 5.56 Å². The van der Waals surface area contributed by atoms with E-state index in [-0.39, 0.29) is 12.5 Å². The van der Waals surface area contributed by atoms with Crippen LogP contribution in [0, 0.1) is 0 Å². The average Bonchev–Trinajstić information content (AvgIpc) is 3.09. The van der Waals surface area contributed by atoms with Crippen LogP contribution in [0.3, 0.4) is 0 Å². The Hall–Kier alpha value is -2.00. The molecular formula is C20H27NO7. The number of rotatable bonds is 7. The number of benzene rings is 1. The Morgan fingerprint density at radius 3 is 2.54 bits per heavy atom. The summed E-state index contributed by atoms with van der Waals surface area (Å²) < 4.78 is 29.1. The molecule has 2 aliphatic heterocycles. The second kappa shape index (κ2) is 8.57. The molecule has 2 heterocycles. The molecule has 1 N–H and O–H groups in total. The van der Waals surface area contributed by atoms with Crippen LogP contribution in [-0.4, -0.2) is 54.9 Å². The van der Waals surface area contributed by atoms with E-state index < -0.39 is 42.4 Å². The van der Waals surface area contributed by atoms with Crippen molar-refractivity contribution in [1.82, 2.24) is 5.32 Å². The number of amides is 1. The maximum atomic E-state index is 11.7. The van der Waals surface area contributed by atoms with E-state index in [9.17, 15) is 9.59 Å². The highest BCUT2D eigenvalue weighted by atomic mass is 16.8. The fourth-order valence-corrected chi connectivity index (χ4v) is 3.47. The van der Waals surface area contributed by atoms with Crippen LogP contribution in [0.1, 0.15) is 33.3 Å². The fraction of sp³-hybridized carbons (Fsp3) is 0.600. The third kappa shape index (κ3) is 5.08. The van der Waals surface area contributed by atoms with Crippen molar-refractivity contribution in [3.63, 3.8) is 0 Å². The fourth-order valence-electron chi connectivity index (χ4n) is 3.47. The number of hydrogen-bond donors (Lipinski definition) is 1. The van der Waals surface area contributed by atoms with Gasteiger partial charge in [0.25, 0.3) is 0 Å². The molecule has 1 aromatic rings. The van der Waals surface area contributed by atoms with Gasteiger partial charge in [-0.1, -0.05) is 30.3 Å². The van der Waals surface area contributed by atoms with Crippen molar-refractivity contribution < 1.29 is 33.3 Å². The lowest BCUT2D eigenvalue weighted by Gasteiger charge is -2.31. The van der Waals surface area contributed by atoms with E-state index in [0.29, 0.717) is 6.61 Å². The van der Waals surface area contributed by atoms with Gasteiger partial charge in [0, 0.05) is 13.8 Å². The number of fused-ring (bicyclic) bond motifs is 1. The summed E-state index contributed by atoms with van der Waals surface area (Å²) in [7, 11) is 0. The van der Waals surface area contributed by atoms with Crippen LogP contribution in [0.5, 0.6) is 0 Å². The highest BCUT2D eigenvalue weighted by molar-refractivity contribution is 5.73. The number of ether oxygens (including phenoxy) is 5. The van der Waals surface area contributed by atoms with Crippen LogP contribution in [0.2, 0.25) is 0 Å². The third-order valence-electron chi connectivity index (χ3n) is 4.56. The number of nitrogens with one attached hydrogen (secondary N) is 1. The summed E-state index contributed by atoms with van der Waals surface area (Å²) in [6.45, 7) is 6.64. The molecule has 28 heavy (non-hydrogen) atoms. The first-order valence-corrected chi connectivity index (χ1v) is 9.32. The maximum absolute atomic E-state index is 11.7. The average molecular weight is 393 g/mol. The summed E-state index contributed by atoms with van der Waals surface area (Å²) in [5.41, 5.74) is 0.999. The molecule has 8 heteroatoms. The zero-order chi connectivity index (χ0) is 20.3. The Bertz CT molecular complexity index is 693.